The molecule has 1 aliphatic carbocycles. The van der Waals surface area contributed by atoms with Crippen molar-refractivity contribution in [1.29, 1.82) is 0 Å². The van der Waals surface area contributed by atoms with Gasteiger partial charge in [-0.15, -0.1) is 0 Å². The van der Waals surface area contributed by atoms with Gasteiger partial charge < -0.3 is 15.2 Å². The second-order valence-corrected chi connectivity index (χ2v) is 9.85. The second-order valence-electron chi connectivity index (χ2n) is 9.85. The van der Waals surface area contributed by atoms with Gasteiger partial charge in [0.15, 0.2) is 0 Å². The van der Waals surface area contributed by atoms with E-state index in [9.17, 15) is 9.59 Å². The molecule has 1 saturated carbocycles. The maximum atomic E-state index is 13.4. The van der Waals surface area contributed by atoms with Crippen LogP contribution in [0.25, 0.3) is 11.1 Å². The number of aromatic nitrogens is 4. The highest BCUT2D eigenvalue weighted by Gasteiger charge is 2.33. The summed E-state index contributed by atoms with van der Waals surface area (Å²) in [4.78, 5) is 31.0. The molecular weight excluding hydrogens is 444 g/mol. The number of anilines is 1. The molecule has 3 aromatic heterocycles. The minimum absolute atomic E-state index is 0.0361. The topological polar surface area (TPSA) is 115 Å². The van der Waals surface area contributed by atoms with E-state index in [0.717, 1.165) is 48.3 Å². The molecule has 0 aliphatic heterocycles. The molecule has 0 unspecified atom stereocenters. The molecule has 2 N–H and O–H groups in total. The van der Waals surface area contributed by atoms with Crippen molar-refractivity contribution in [3.63, 3.8) is 0 Å². The maximum Gasteiger partial charge on any atom is 0.270 e. The molecule has 3 aromatic rings. The molecule has 9 nitrogen and oxygen atoms in total. The lowest BCUT2D eigenvalue weighted by Gasteiger charge is -2.32. The van der Waals surface area contributed by atoms with Crippen LogP contribution in [0.2, 0.25) is 0 Å². The van der Waals surface area contributed by atoms with E-state index in [4.69, 9.17) is 4.52 Å². The van der Waals surface area contributed by atoms with Gasteiger partial charge in [-0.05, 0) is 70.6 Å². The summed E-state index contributed by atoms with van der Waals surface area (Å²) in [7, 11) is 0. The molecule has 1 fully saturated rings. The van der Waals surface area contributed by atoms with E-state index in [0.29, 0.717) is 17.4 Å². The van der Waals surface area contributed by atoms with E-state index in [-0.39, 0.29) is 23.8 Å². The fraction of sp³-hybridized carbons (Fsp3) is 0.500. The third-order valence-corrected chi connectivity index (χ3v) is 6.83. The predicted octanol–water partition coefficient (Wildman–Crippen LogP) is 4.69. The normalized spacial score (nSPS) is 18.9. The Morgan fingerprint density at radius 3 is 2.46 bits per heavy atom. The Kier molecular flexibility index (Phi) is 7.33. The standard InChI is InChI=1S/C26H34N6O3/c1-15(2)32-21(12-13-28-32)25(33)30-24(19-8-6-16(3)7-9-19)26(34)29-22-11-10-20(14-27-22)23-17(4)31-35-18(23)5/h10-16,19,24H,6-9H2,1-5H3,(H,30,33)(H,27,29,34)/t16-,19-,24-/m0/s1. The van der Waals surface area contributed by atoms with Crippen molar-refractivity contribution in [3.8, 4) is 11.1 Å². The van der Waals surface area contributed by atoms with E-state index < -0.39 is 6.04 Å². The van der Waals surface area contributed by atoms with Crippen molar-refractivity contribution < 1.29 is 14.1 Å². The molecule has 0 aromatic carbocycles. The zero-order chi connectivity index (χ0) is 25.1. The zero-order valence-corrected chi connectivity index (χ0v) is 21.0. The smallest absolute Gasteiger partial charge is 0.270 e. The van der Waals surface area contributed by atoms with Crippen LogP contribution >= 0.6 is 0 Å². The number of carbonyl (C=O) groups is 2. The molecule has 2 amide bonds. The minimum Gasteiger partial charge on any atom is -0.361 e. The van der Waals surface area contributed by atoms with Crippen LogP contribution in [0.4, 0.5) is 5.82 Å². The van der Waals surface area contributed by atoms with Gasteiger partial charge in [0, 0.05) is 29.6 Å². The summed E-state index contributed by atoms with van der Waals surface area (Å²) in [5, 5.41) is 14.2. The monoisotopic (exact) mass is 478 g/mol. The lowest BCUT2D eigenvalue weighted by Crippen LogP contribution is -2.49. The van der Waals surface area contributed by atoms with Crippen LogP contribution < -0.4 is 10.6 Å². The Morgan fingerprint density at radius 2 is 1.86 bits per heavy atom. The molecule has 3 heterocycles. The van der Waals surface area contributed by atoms with Gasteiger partial charge in [0.25, 0.3) is 5.91 Å². The Morgan fingerprint density at radius 1 is 1.11 bits per heavy atom. The summed E-state index contributed by atoms with van der Waals surface area (Å²) in [6, 6.07) is 4.70. The van der Waals surface area contributed by atoms with Crippen molar-refractivity contribution in [1.82, 2.24) is 25.2 Å². The first kappa shape index (κ1) is 24.6. The average Bonchev–Trinajstić information content (AvgIpc) is 3.45. The number of amides is 2. The molecular formula is C26H34N6O3. The van der Waals surface area contributed by atoms with Crippen molar-refractivity contribution in [2.45, 2.75) is 72.4 Å². The van der Waals surface area contributed by atoms with Crippen LogP contribution in [0, 0.1) is 25.7 Å². The number of hydrogen-bond donors (Lipinski definition) is 2. The molecule has 186 valence electrons. The summed E-state index contributed by atoms with van der Waals surface area (Å²) >= 11 is 0. The average molecular weight is 479 g/mol. The third kappa shape index (κ3) is 5.44. The summed E-state index contributed by atoms with van der Waals surface area (Å²) in [6.07, 6.45) is 7.16. The highest BCUT2D eigenvalue weighted by molar-refractivity contribution is 6.00. The third-order valence-electron chi connectivity index (χ3n) is 6.83. The number of carbonyl (C=O) groups excluding carboxylic acids is 2. The number of aryl methyl sites for hydroxylation is 2. The van der Waals surface area contributed by atoms with Gasteiger partial charge in [0.2, 0.25) is 5.91 Å². The van der Waals surface area contributed by atoms with E-state index >= 15 is 0 Å². The lowest BCUT2D eigenvalue weighted by atomic mass is 9.79. The highest BCUT2D eigenvalue weighted by Crippen LogP contribution is 2.31. The number of nitrogens with one attached hydrogen (secondary N) is 2. The molecule has 9 heteroatoms. The Bertz CT molecular complexity index is 1150. The summed E-state index contributed by atoms with van der Waals surface area (Å²) in [5.74, 6) is 1.29. The number of rotatable bonds is 7. The van der Waals surface area contributed by atoms with Crippen molar-refractivity contribution in [3.05, 3.63) is 47.7 Å². The van der Waals surface area contributed by atoms with Crippen LogP contribution in [0.5, 0.6) is 0 Å². The van der Waals surface area contributed by atoms with Gasteiger partial charge in [-0.25, -0.2) is 4.98 Å². The predicted molar refractivity (Wildman–Crippen MR) is 133 cm³/mol. The first-order valence-electron chi connectivity index (χ1n) is 12.3. The van der Waals surface area contributed by atoms with Gasteiger partial charge in [-0.2, -0.15) is 5.10 Å². The largest absolute Gasteiger partial charge is 0.361 e. The van der Waals surface area contributed by atoms with E-state index in [1.807, 2.05) is 33.8 Å². The van der Waals surface area contributed by atoms with Crippen LogP contribution in [0.3, 0.4) is 0 Å². The maximum absolute atomic E-state index is 13.4. The van der Waals surface area contributed by atoms with Gasteiger partial charge >= 0.3 is 0 Å². The van der Waals surface area contributed by atoms with Crippen LogP contribution in [-0.2, 0) is 4.79 Å². The van der Waals surface area contributed by atoms with Crippen LogP contribution in [0.15, 0.2) is 35.1 Å². The molecule has 0 radical (unpaired) electrons. The number of nitrogens with zero attached hydrogens (tertiary/aromatic N) is 4. The van der Waals surface area contributed by atoms with E-state index in [1.54, 1.807) is 29.2 Å². The fourth-order valence-electron chi connectivity index (χ4n) is 4.85. The molecule has 0 saturated heterocycles. The first-order chi connectivity index (χ1) is 16.7. The zero-order valence-electron chi connectivity index (χ0n) is 21.0. The van der Waals surface area contributed by atoms with Gasteiger partial charge in [-0.1, -0.05) is 24.9 Å². The van der Waals surface area contributed by atoms with E-state index in [2.05, 4.69) is 32.8 Å². The van der Waals surface area contributed by atoms with Crippen molar-refractivity contribution in [2.24, 2.45) is 11.8 Å². The molecule has 1 aliphatic rings. The van der Waals surface area contributed by atoms with Gasteiger partial charge in [0.1, 0.15) is 23.3 Å². The molecule has 0 spiro atoms. The van der Waals surface area contributed by atoms with Gasteiger partial charge in [-0.3, -0.25) is 14.3 Å². The summed E-state index contributed by atoms with van der Waals surface area (Å²) < 4.78 is 6.92. The highest BCUT2D eigenvalue weighted by atomic mass is 16.5. The van der Waals surface area contributed by atoms with Crippen LogP contribution in [-0.4, -0.2) is 37.8 Å². The Balaban J connectivity index is 1.52. The quantitative estimate of drug-likeness (QED) is 0.509. The number of pyridine rings is 1. The van der Waals surface area contributed by atoms with Crippen molar-refractivity contribution in [2.75, 3.05) is 5.32 Å². The molecule has 0 bridgehead atoms. The fourth-order valence-corrected chi connectivity index (χ4v) is 4.85. The minimum atomic E-state index is -0.658. The summed E-state index contributed by atoms with van der Waals surface area (Å²) in [6.45, 7) is 9.90. The second kappa shape index (κ2) is 10.4. The van der Waals surface area contributed by atoms with Crippen molar-refractivity contribution >= 4 is 17.6 Å². The number of hydrogen-bond acceptors (Lipinski definition) is 6. The Hall–Kier alpha value is -3.49. The Labute approximate surface area is 205 Å². The first-order valence-corrected chi connectivity index (χ1v) is 12.3. The molecule has 4 rings (SSSR count). The van der Waals surface area contributed by atoms with E-state index in [1.165, 1.54) is 0 Å². The van der Waals surface area contributed by atoms with Gasteiger partial charge in [0.05, 0.1) is 5.69 Å². The van der Waals surface area contributed by atoms with Crippen LogP contribution in [0.1, 0.15) is 74.4 Å². The lowest BCUT2D eigenvalue weighted by molar-refractivity contribution is -0.119. The molecule has 35 heavy (non-hydrogen) atoms. The molecule has 1 atom stereocenters. The summed E-state index contributed by atoms with van der Waals surface area (Å²) in [5.41, 5.74) is 3.01. The SMILES string of the molecule is Cc1noc(C)c1-c1ccc(NC(=O)[C@@H](NC(=O)c2ccnn2C(C)C)[C@H]2CC[C@H](C)CC2)nc1.